The number of nitrogen functional groups attached to an aromatic ring is 1. The molecule has 0 aliphatic heterocycles. The molecule has 1 aliphatic rings. The first kappa shape index (κ1) is 22.0. The zero-order valence-electron chi connectivity index (χ0n) is 18.8. The Balaban J connectivity index is 1.52. The lowest BCUT2D eigenvalue weighted by Crippen LogP contribution is -2.18. The molecule has 1 amide bonds. The zero-order valence-corrected chi connectivity index (χ0v) is 18.8. The molecule has 1 aromatic heterocycles. The molecular formula is C27H32N4O. The van der Waals surface area contributed by atoms with E-state index in [0.29, 0.717) is 12.2 Å². The van der Waals surface area contributed by atoms with Crippen LogP contribution in [0.2, 0.25) is 0 Å². The number of nitrogens with one attached hydrogen (secondary N) is 1. The van der Waals surface area contributed by atoms with Gasteiger partial charge in [0.05, 0.1) is 24.0 Å². The molecule has 4 rings (SSSR count). The molecule has 1 aliphatic carbocycles. The van der Waals surface area contributed by atoms with Crippen molar-refractivity contribution in [2.45, 2.75) is 58.3 Å². The van der Waals surface area contributed by atoms with Crippen molar-refractivity contribution in [3.05, 3.63) is 71.5 Å². The maximum Gasteiger partial charge on any atom is 0.229 e. The number of amides is 1. The van der Waals surface area contributed by atoms with Gasteiger partial charge in [-0.25, -0.2) is 9.97 Å². The van der Waals surface area contributed by atoms with Crippen LogP contribution >= 0.6 is 0 Å². The van der Waals surface area contributed by atoms with Gasteiger partial charge in [0.15, 0.2) is 5.82 Å². The number of benzene rings is 2. The number of aryl methyl sites for hydroxylation is 2. The van der Waals surface area contributed by atoms with Crippen LogP contribution in [0.1, 0.15) is 55.3 Å². The Bertz CT molecular complexity index is 1040. The predicted octanol–water partition coefficient (Wildman–Crippen LogP) is 5.73. The van der Waals surface area contributed by atoms with E-state index >= 15 is 0 Å². The van der Waals surface area contributed by atoms with Crippen molar-refractivity contribution in [2.24, 2.45) is 5.92 Å². The van der Waals surface area contributed by atoms with Crippen molar-refractivity contribution < 1.29 is 4.79 Å². The van der Waals surface area contributed by atoms with Crippen LogP contribution in [0.25, 0.3) is 11.3 Å². The molecule has 3 N–H and O–H groups in total. The summed E-state index contributed by atoms with van der Waals surface area (Å²) in [4.78, 5) is 22.2. The molecule has 0 bridgehead atoms. The fraction of sp³-hybridized carbons (Fsp3) is 0.370. The summed E-state index contributed by atoms with van der Waals surface area (Å²) in [7, 11) is 0. The van der Waals surface area contributed by atoms with Gasteiger partial charge in [0.25, 0.3) is 0 Å². The number of nitrogens with two attached hydrogens (primary N) is 1. The molecule has 0 spiro atoms. The molecule has 1 heterocycles. The summed E-state index contributed by atoms with van der Waals surface area (Å²) in [6.45, 7) is 2.04. The summed E-state index contributed by atoms with van der Waals surface area (Å²) in [6.07, 6.45) is 10.5. The highest BCUT2D eigenvalue weighted by Crippen LogP contribution is 2.29. The maximum atomic E-state index is 12.7. The number of carbonyl (C=O) groups is 1. The Labute approximate surface area is 190 Å². The van der Waals surface area contributed by atoms with E-state index in [-0.39, 0.29) is 5.91 Å². The van der Waals surface area contributed by atoms with E-state index in [0.717, 1.165) is 47.0 Å². The molecule has 1 fully saturated rings. The number of carbonyl (C=O) groups excluding carboxylic acids is 1. The van der Waals surface area contributed by atoms with Crippen LogP contribution in [0.5, 0.6) is 0 Å². The van der Waals surface area contributed by atoms with Crippen LogP contribution in [0.3, 0.4) is 0 Å². The van der Waals surface area contributed by atoms with Crippen molar-refractivity contribution in [3.63, 3.8) is 0 Å². The maximum absolute atomic E-state index is 12.7. The number of hydrogen-bond acceptors (Lipinski definition) is 4. The van der Waals surface area contributed by atoms with Crippen molar-refractivity contribution >= 4 is 17.4 Å². The van der Waals surface area contributed by atoms with Crippen LogP contribution < -0.4 is 11.1 Å². The Kier molecular flexibility index (Phi) is 7.15. The fourth-order valence-corrected chi connectivity index (χ4v) is 4.38. The molecule has 1 saturated carbocycles. The van der Waals surface area contributed by atoms with Crippen LogP contribution in [0.15, 0.2) is 54.7 Å². The van der Waals surface area contributed by atoms with Gasteiger partial charge >= 0.3 is 0 Å². The standard InChI is InChI=1S/C27H32N4O/c1-19-7-9-21(10-8-19)17-26(32)31-27-24(16-11-20-5-3-2-4-6-20)30-25(18-29-27)22-12-14-23(28)15-13-22/h7-10,12-15,18,20H,2-6,11,16-17,28H2,1H3,(H,29,31,32). The van der Waals surface area contributed by atoms with Crippen molar-refractivity contribution in [1.82, 2.24) is 9.97 Å². The summed E-state index contributed by atoms with van der Waals surface area (Å²) >= 11 is 0. The number of aromatic nitrogens is 2. The Morgan fingerprint density at radius 3 is 2.47 bits per heavy atom. The van der Waals surface area contributed by atoms with Gasteiger partial charge in [0.2, 0.25) is 5.91 Å². The van der Waals surface area contributed by atoms with Gasteiger partial charge < -0.3 is 11.1 Å². The van der Waals surface area contributed by atoms with Crippen LogP contribution in [0, 0.1) is 12.8 Å². The largest absolute Gasteiger partial charge is 0.399 e. The number of anilines is 2. The van der Waals surface area contributed by atoms with Crippen LogP contribution in [-0.4, -0.2) is 15.9 Å². The summed E-state index contributed by atoms with van der Waals surface area (Å²) in [5.41, 5.74) is 11.4. The molecular weight excluding hydrogens is 396 g/mol. The molecule has 32 heavy (non-hydrogen) atoms. The summed E-state index contributed by atoms with van der Waals surface area (Å²) in [6, 6.07) is 15.7. The molecule has 2 aromatic carbocycles. The van der Waals surface area contributed by atoms with E-state index < -0.39 is 0 Å². The molecule has 0 atom stereocenters. The van der Waals surface area contributed by atoms with Gasteiger partial charge in [-0.2, -0.15) is 0 Å². The predicted molar refractivity (Wildman–Crippen MR) is 130 cm³/mol. The Morgan fingerprint density at radius 2 is 1.75 bits per heavy atom. The van der Waals surface area contributed by atoms with Crippen molar-refractivity contribution in [2.75, 3.05) is 11.1 Å². The normalized spacial score (nSPS) is 14.3. The van der Waals surface area contributed by atoms with E-state index in [1.54, 1.807) is 6.20 Å². The first-order chi connectivity index (χ1) is 15.6. The van der Waals surface area contributed by atoms with E-state index in [9.17, 15) is 4.79 Å². The minimum atomic E-state index is -0.0673. The number of rotatable bonds is 7. The topological polar surface area (TPSA) is 80.9 Å². The number of hydrogen-bond donors (Lipinski definition) is 2. The molecule has 5 heteroatoms. The van der Waals surface area contributed by atoms with E-state index in [4.69, 9.17) is 10.7 Å². The van der Waals surface area contributed by atoms with Gasteiger partial charge in [-0.3, -0.25) is 4.79 Å². The zero-order chi connectivity index (χ0) is 22.3. The van der Waals surface area contributed by atoms with E-state index in [1.807, 2.05) is 55.5 Å². The minimum Gasteiger partial charge on any atom is -0.399 e. The lowest BCUT2D eigenvalue weighted by Gasteiger charge is -2.21. The Hall–Kier alpha value is -3.21. The van der Waals surface area contributed by atoms with Crippen LogP contribution in [0.4, 0.5) is 11.5 Å². The molecule has 5 nitrogen and oxygen atoms in total. The van der Waals surface area contributed by atoms with Crippen LogP contribution in [-0.2, 0) is 17.6 Å². The third-order valence-electron chi connectivity index (χ3n) is 6.31. The van der Waals surface area contributed by atoms with Crippen molar-refractivity contribution in [3.8, 4) is 11.3 Å². The minimum absolute atomic E-state index is 0.0673. The fourth-order valence-electron chi connectivity index (χ4n) is 4.38. The van der Waals surface area contributed by atoms with Crippen molar-refractivity contribution in [1.29, 1.82) is 0 Å². The second kappa shape index (κ2) is 10.4. The SMILES string of the molecule is Cc1ccc(CC(=O)Nc2ncc(-c3ccc(N)cc3)nc2CCC2CCCCC2)cc1. The number of nitrogens with zero attached hydrogens (tertiary/aromatic N) is 2. The highest BCUT2D eigenvalue weighted by Gasteiger charge is 2.17. The first-order valence-electron chi connectivity index (χ1n) is 11.6. The van der Waals surface area contributed by atoms with Gasteiger partial charge in [-0.1, -0.05) is 74.1 Å². The summed E-state index contributed by atoms with van der Waals surface area (Å²) in [5.74, 6) is 1.25. The van der Waals surface area contributed by atoms with E-state index in [1.165, 1.54) is 37.7 Å². The molecule has 0 radical (unpaired) electrons. The van der Waals surface area contributed by atoms with E-state index in [2.05, 4.69) is 10.3 Å². The summed E-state index contributed by atoms with van der Waals surface area (Å²) in [5, 5.41) is 3.02. The molecule has 0 saturated heterocycles. The van der Waals surface area contributed by atoms with Gasteiger partial charge in [0.1, 0.15) is 0 Å². The average Bonchev–Trinajstić information content (AvgIpc) is 2.81. The average molecular weight is 429 g/mol. The lowest BCUT2D eigenvalue weighted by atomic mass is 9.86. The molecule has 166 valence electrons. The second-order valence-electron chi connectivity index (χ2n) is 8.93. The molecule has 0 unspecified atom stereocenters. The third kappa shape index (κ3) is 5.94. The quantitative estimate of drug-likeness (QED) is 0.471. The smallest absolute Gasteiger partial charge is 0.229 e. The monoisotopic (exact) mass is 428 g/mol. The highest BCUT2D eigenvalue weighted by molar-refractivity contribution is 5.92. The Morgan fingerprint density at radius 1 is 1.03 bits per heavy atom. The van der Waals surface area contributed by atoms with Gasteiger partial charge in [0, 0.05) is 11.3 Å². The summed E-state index contributed by atoms with van der Waals surface area (Å²) < 4.78 is 0. The lowest BCUT2D eigenvalue weighted by molar-refractivity contribution is -0.115. The van der Waals surface area contributed by atoms with Gasteiger partial charge in [-0.05, 0) is 43.4 Å². The third-order valence-corrected chi connectivity index (χ3v) is 6.31. The highest BCUT2D eigenvalue weighted by atomic mass is 16.1. The molecule has 3 aromatic rings. The van der Waals surface area contributed by atoms with Gasteiger partial charge in [-0.15, -0.1) is 0 Å². The second-order valence-corrected chi connectivity index (χ2v) is 8.93. The first-order valence-corrected chi connectivity index (χ1v) is 11.6.